The summed E-state index contributed by atoms with van der Waals surface area (Å²) in [4.78, 5) is 26.2. The highest BCUT2D eigenvalue weighted by molar-refractivity contribution is 7.80. The maximum Gasteiger partial charge on any atom is 0.336 e. The van der Waals surface area contributed by atoms with E-state index in [1.54, 1.807) is 36.4 Å². The minimum absolute atomic E-state index is 0.224. The van der Waals surface area contributed by atoms with E-state index >= 15 is 0 Å². The van der Waals surface area contributed by atoms with Gasteiger partial charge in [-0.05, 0) is 59.8 Å². The Morgan fingerprint density at radius 1 is 0.871 bits per heavy atom. The fourth-order valence-corrected chi connectivity index (χ4v) is 3.32. The fraction of sp³-hybridized carbons (Fsp3) is 0. The zero-order valence-electron chi connectivity index (χ0n) is 16.4. The molecule has 5 nitrogen and oxygen atoms in total. The normalized spacial score (nSPS) is 14.8. The van der Waals surface area contributed by atoms with Gasteiger partial charge in [0, 0.05) is 6.08 Å². The molecule has 6 heteroatoms. The molecule has 0 spiro atoms. The van der Waals surface area contributed by atoms with Crippen LogP contribution in [0.5, 0.6) is 5.75 Å². The van der Waals surface area contributed by atoms with Crippen LogP contribution < -0.4 is 15.0 Å². The summed E-state index contributed by atoms with van der Waals surface area (Å²) in [7, 11) is 0. The van der Waals surface area contributed by atoms with Crippen molar-refractivity contribution in [3.8, 4) is 5.75 Å². The molecule has 1 saturated heterocycles. The quantitative estimate of drug-likeness (QED) is 0.280. The minimum atomic E-state index is -0.466. The number of hydrogen-bond donors (Lipinski definition) is 1. The largest absolute Gasteiger partial charge is 0.423 e. The van der Waals surface area contributed by atoms with Gasteiger partial charge in [-0.2, -0.15) is 0 Å². The van der Waals surface area contributed by atoms with E-state index < -0.39 is 5.97 Å². The van der Waals surface area contributed by atoms with Crippen molar-refractivity contribution in [2.75, 3.05) is 4.90 Å². The Morgan fingerprint density at radius 3 is 2.19 bits per heavy atom. The first-order valence-electron chi connectivity index (χ1n) is 9.57. The molecule has 31 heavy (non-hydrogen) atoms. The van der Waals surface area contributed by atoms with E-state index in [-0.39, 0.29) is 5.91 Å². The van der Waals surface area contributed by atoms with Gasteiger partial charge in [-0.15, -0.1) is 0 Å². The number of esters is 1. The molecule has 0 aromatic heterocycles. The number of benzene rings is 3. The van der Waals surface area contributed by atoms with Gasteiger partial charge in [0.15, 0.2) is 5.11 Å². The molecular formula is C25H18N2O3S. The molecule has 4 rings (SSSR count). The van der Waals surface area contributed by atoms with Crippen LogP contribution in [0.3, 0.4) is 0 Å². The molecule has 0 bridgehead atoms. The molecule has 1 N–H and O–H groups in total. The molecule has 3 aromatic rings. The van der Waals surface area contributed by atoms with Crippen LogP contribution >= 0.6 is 12.2 Å². The van der Waals surface area contributed by atoms with Crippen LogP contribution in [-0.2, 0) is 9.59 Å². The molecule has 1 amide bonds. The molecule has 0 saturated carbocycles. The van der Waals surface area contributed by atoms with E-state index in [2.05, 4.69) is 5.32 Å². The number of amides is 1. The highest BCUT2D eigenvalue weighted by Crippen LogP contribution is 2.22. The van der Waals surface area contributed by atoms with Gasteiger partial charge in [0.25, 0.3) is 5.91 Å². The van der Waals surface area contributed by atoms with Crippen molar-refractivity contribution in [3.63, 3.8) is 0 Å². The van der Waals surface area contributed by atoms with Gasteiger partial charge >= 0.3 is 5.97 Å². The number of nitrogens with zero attached hydrogens (tertiary/aromatic N) is 1. The Hall–Kier alpha value is -4.03. The Morgan fingerprint density at radius 2 is 1.52 bits per heavy atom. The maximum atomic E-state index is 12.8. The van der Waals surface area contributed by atoms with Gasteiger partial charge in [-0.3, -0.25) is 9.69 Å². The van der Waals surface area contributed by atoms with Crippen molar-refractivity contribution < 1.29 is 14.3 Å². The molecule has 3 aromatic carbocycles. The van der Waals surface area contributed by atoms with E-state index in [1.807, 2.05) is 60.7 Å². The summed E-state index contributed by atoms with van der Waals surface area (Å²) in [6, 6.07) is 25.6. The lowest BCUT2D eigenvalue weighted by Crippen LogP contribution is -2.30. The number of hydrogen-bond acceptors (Lipinski definition) is 4. The van der Waals surface area contributed by atoms with E-state index in [0.717, 1.165) is 11.1 Å². The average Bonchev–Trinajstić information content (AvgIpc) is 3.07. The first kappa shape index (κ1) is 20.3. The third kappa shape index (κ3) is 4.94. The minimum Gasteiger partial charge on any atom is -0.423 e. The molecule has 1 fully saturated rings. The summed E-state index contributed by atoms with van der Waals surface area (Å²) in [6.07, 6.45) is 4.78. The summed E-state index contributed by atoms with van der Waals surface area (Å²) in [5.74, 6) is -0.277. The molecule has 152 valence electrons. The van der Waals surface area contributed by atoms with E-state index in [0.29, 0.717) is 22.2 Å². The smallest absolute Gasteiger partial charge is 0.336 e. The molecular weight excluding hydrogens is 408 g/mol. The topological polar surface area (TPSA) is 58.6 Å². The van der Waals surface area contributed by atoms with E-state index in [1.165, 1.54) is 11.0 Å². The molecule has 0 radical (unpaired) electrons. The first-order valence-corrected chi connectivity index (χ1v) is 9.98. The second-order valence-electron chi connectivity index (χ2n) is 6.70. The molecule has 1 heterocycles. The zero-order valence-corrected chi connectivity index (χ0v) is 17.2. The third-order valence-electron chi connectivity index (χ3n) is 4.51. The van der Waals surface area contributed by atoms with Crippen molar-refractivity contribution >= 4 is 47.0 Å². The van der Waals surface area contributed by atoms with Gasteiger partial charge in [0.05, 0.1) is 5.69 Å². The fourth-order valence-electron chi connectivity index (χ4n) is 3.02. The third-order valence-corrected chi connectivity index (χ3v) is 4.80. The van der Waals surface area contributed by atoms with Crippen molar-refractivity contribution in [3.05, 3.63) is 108 Å². The molecule has 0 unspecified atom stereocenters. The Labute approximate surface area is 185 Å². The van der Waals surface area contributed by atoms with Crippen LogP contribution in [0.15, 0.2) is 96.7 Å². The van der Waals surface area contributed by atoms with Gasteiger partial charge in [-0.1, -0.05) is 60.7 Å². The predicted molar refractivity (Wildman–Crippen MR) is 125 cm³/mol. The van der Waals surface area contributed by atoms with Crippen molar-refractivity contribution in [1.82, 2.24) is 5.32 Å². The number of anilines is 1. The van der Waals surface area contributed by atoms with Crippen LogP contribution in [0.1, 0.15) is 11.1 Å². The second kappa shape index (κ2) is 9.19. The summed E-state index contributed by atoms with van der Waals surface area (Å²) >= 11 is 5.31. The first-order chi connectivity index (χ1) is 15.1. The van der Waals surface area contributed by atoms with Crippen molar-refractivity contribution in [2.45, 2.75) is 0 Å². The summed E-state index contributed by atoms with van der Waals surface area (Å²) in [6.45, 7) is 0. The number of para-hydroxylation sites is 1. The SMILES string of the molecule is O=C(/C=C/c1ccccc1)Oc1ccc(/C=C2/NC(=S)N(c3ccccc3)C2=O)cc1. The van der Waals surface area contributed by atoms with Gasteiger partial charge in [0.2, 0.25) is 0 Å². The molecule has 1 aliphatic heterocycles. The summed E-state index contributed by atoms with van der Waals surface area (Å²) < 4.78 is 5.32. The highest BCUT2D eigenvalue weighted by Gasteiger charge is 2.31. The van der Waals surface area contributed by atoms with E-state index in [9.17, 15) is 9.59 Å². The number of carbonyl (C=O) groups is 2. The second-order valence-corrected chi connectivity index (χ2v) is 7.09. The Balaban J connectivity index is 1.42. The van der Waals surface area contributed by atoms with Gasteiger partial charge in [0.1, 0.15) is 11.4 Å². The number of carbonyl (C=O) groups excluding carboxylic acids is 2. The van der Waals surface area contributed by atoms with Crippen LogP contribution in [0, 0.1) is 0 Å². The van der Waals surface area contributed by atoms with Gasteiger partial charge < -0.3 is 10.1 Å². The molecule has 1 aliphatic rings. The van der Waals surface area contributed by atoms with Crippen LogP contribution in [0.25, 0.3) is 12.2 Å². The average molecular weight is 426 g/mol. The Kier molecular flexibility index (Phi) is 6.01. The van der Waals surface area contributed by atoms with E-state index in [4.69, 9.17) is 17.0 Å². The van der Waals surface area contributed by atoms with Crippen LogP contribution in [-0.4, -0.2) is 17.0 Å². The Bertz CT molecular complexity index is 1170. The predicted octanol–water partition coefficient (Wildman–Crippen LogP) is 4.57. The number of thiocarbonyl (C=S) groups is 1. The lowest BCUT2D eigenvalue weighted by Gasteiger charge is -2.13. The number of nitrogens with one attached hydrogen (secondary N) is 1. The maximum absolute atomic E-state index is 12.8. The lowest BCUT2D eigenvalue weighted by atomic mass is 10.2. The van der Waals surface area contributed by atoms with Crippen LogP contribution in [0.2, 0.25) is 0 Å². The monoisotopic (exact) mass is 426 g/mol. The van der Waals surface area contributed by atoms with Crippen LogP contribution in [0.4, 0.5) is 5.69 Å². The number of ether oxygens (including phenoxy) is 1. The molecule has 0 aliphatic carbocycles. The summed E-state index contributed by atoms with van der Waals surface area (Å²) in [5, 5.41) is 3.29. The highest BCUT2D eigenvalue weighted by atomic mass is 32.1. The van der Waals surface area contributed by atoms with Crippen molar-refractivity contribution in [2.24, 2.45) is 0 Å². The van der Waals surface area contributed by atoms with Gasteiger partial charge in [-0.25, -0.2) is 4.79 Å². The zero-order chi connectivity index (χ0) is 21.6. The number of rotatable bonds is 5. The lowest BCUT2D eigenvalue weighted by molar-refractivity contribution is -0.128. The van der Waals surface area contributed by atoms with Crippen molar-refractivity contribution in [1.29, 1.82) is 0 Å². The molecule has 0 atom stereocenters. The standard InChI is InChI=1S/C25H18N2O3S/c28-23(16-13-18-7-3-1-4-8-18)30-21-14-11-19(12-15-21)17-22-24(29)27(25(31)26-22)20-9-5-2-6-10-20/h1-17H,(H,26,31)/b16-13+,22-17+. The summed E-state index contributed by atoms with van der Waals surface area (Å²) in [5.41, 5.74) is 2.77.